The van der Waals surface area contributed by atoms with Crippen LogP contribution in [0.15, 0.2) is 42.6 Å². The van der Waals surface area contributed by atoms with Gasteiger partial charge in [0, 0.05) is 29.7 Å². The van der Waals surface area contributed by atoms with E-state index in [-0.39, 0.29) is 0 Å². The van der Waals surface area contributed by atoms with E-state index in [1.165, 1.54) is 16.5 Å². The minimum atomic E-state index is 0.597. The SMILES string of the molecule is CCn1c(C#CCNc2ccc(C)nc2)cc2c(CNC)cccc21. The molecule has 0 spiro atoms. The summed E-state index contributed by atoms with van der Waals surface area (Å²) >= 11 is 0. The summed E-state index contributed by atoms with van der Waals surface area (Å²) in [4.78, 5) is 4.28. The first-order chi connectivity index (χ1) is 12.2. The van der Waals surface area contributed by atoms with Crippen LogP contribution in [0.1, 0.15) is 23.9 Å². The molecule has 2 heterocycles. The molecule has 25 heavy (non-hydrogen) atoms. The zero-order valence-corrected chi connectivity index (χ0v) is 15.1. The van der Waals surface area contributed by atoms with Crippen LogP contribution in [0.25, 0.3) is 10.9 Å². The van der Waals surface area contributed by atoms with Crippen molar-refractivity contribution in [2.75, 3.05) is 18.9 Å². The van der Waals surface area contributed by atoms with Crippen molar-refractivity contribution in [3.8, 4) is 11.8 Å². The van der Waals surface area contributed by atoms with Gasteiger partial charge in [-0.05, 0) is 56.6 Å². The number of aromatic nitrogens is 2. The standard InChI is InChI=1S/C21H24N4/c1-4-25-19(8-6-12-23-18-11-10-16(2)24-15-18)13-20-17(14-22-3)7-5-9-21(20)25/h5,7,9-11,13,15,22-23H,4,12,14H2,1-3H3. The van der Waals surface area contributed by atoms with Gasteiger partial charge in [-0.2, -0.15) is 0 Å². The maximum atomic E-state index is 4.28. The molecule has 0 radical (unpaired) electrons. The van der Waals surface area contributed by atoms with Crippen LogP contribution in [0.4, 0.5) is 5.69 Å². The Kier molecular flexibility index (Phi) is 5.37. The molecule has 0 aliphatic rings. The van der Waals surface area contributed by atoms with Gasteiger partial charge in [-0.1, -0.05) is 18.1 Å². The fourth-order valence-electron chi connectivity index (χ4n) is 2.99. The first-order valence-electron chi connectivity index (χ1n) is 8.64. The molecule has 0 atom stereocenters. The molecule has 0 aliphatic carbocycles. The lowest BCUT2D eigenvalue weighted by Gasteiger charge is -2.05. The van der Waals surface area contributed by atoms with Crippen LogP contribution in [-0.2, 0) is 13.1 Å². The Balaban J connectivity index is 1.81. The van der Waals surface area contributed by atoms with Crippen LogP contribution < -0.4 is 10.6 Å². The van der Waals surface area contributed by atoms with Crippen LogP contribution in [0.3, 0.4) is 0 Å². The Morgan fingerprint density at radius 3 is 2.80 bits per heavy atom. The van der Waals surface area contributed by atoms with Gasteiger partial charge in [-0.25, -0.2) is 0 Å². The largest absolute Gasteiger partial charge is 0.373 e. The molecule has 0 amide bonds. The van der Waals surface area contributed by atoms with Crippen molar-refractivity contribution in [1.82, 2.24) is 14.9 Å². The van der Waals surface area contributed by atoms with Gasteiger partial charge >= 0.3 is 0 Å². The molecule has 1 aromatic carbocycles. The third-order valence-corrected chi connectivity index (χ3v) is 4.23. The number of hydrogen-bond donors (Lipinski definition) is 2. The number of hydrogen-bond acceptors (Lipinski definition) is 3. The zero-order valence-electron chi connectivity index (χ0n) is 15.1. The molecule has 4 heteroatoms. The van der Waals surface area contributed by atoms with Crippen LogP contribution in [0, 0.1) is 18.8 Å². The molecular weight excluding hydrogens is 308 g/mol. The van der Waals surface area contributed by atoms with Crippen molar-refractivity contribution in [2.45, 2.75) is 26.9 Å². The Hall–Kier alpha value is -2.77. The van der Waals surface area contributed by atoms with E-state index in [1.807, 2.05) is 32.3 Å². The molecule has 4 nitrogen and oxygen atoms in total. The number of nitrogens with one attached hydrogen (secondary N) is 2. The van der Waals surface area contributed by atoms with E-state index in [4.69, 9.17) is 0 Å². The molecule has 3 aromatic rings. The summed E-state index contributed by atoms with van der Waals surface area (Å²) in [5.41, 5.74) is 5.62. The van der Waals surface area contributed by atoms with Gasteiger partial charge in [0.2, 0.25) is 0 Å². The number of benzene rings is 1. The Labute approximate surface area is 149 Å². The monoisotopic (exact) mass is 332 g/mol. The first-order valence-corrected chi connectivity index (χ1v) is 8.64. The van der Waals surface area contributed by atoms with Gasteiger partial charge in [0.05, 0.1) is 24.1 Å². The van der Waals surface area contributed by atoms with E-state index in [0.717, 1.165) is 30.2 Å². The third kappa shape index (κ3) is 3.84. The lowest BCUT2D eigenvalue weighted by molar-refractivity contribution is 0.786. The van der Waals surface area contributed by atoms with Gasteiger partial charge in [0.15, 0.2) is 0 Å². The molecule has 3 rings (SSSR count). The highest BCUT2D eigenvalue weighted by molar-refractivity contribution is 5.85. The average Bonchev–Trinajstić information content (AvgIpc) is 2.99. The van der Waals surface area contributed by atoms with Crippen LogP contribution in [-0.4, -0.2) is 23.1 Å². The van der Waals surface area contributed by atoms with Crippen molar-refractivity contribution < 1.29 is 0 Å². The molecule has 2 aromatic heterocycles. The molecular formula is C21H24N4. The van der Waals surface area contributed by atoms with Crippen LogP contribution >= 0.6 is 0 Å². The summed E-state index contributed by atoms with van der Waals surface area (Å²) in [6.45, 7) is 6.51. The number of nitrogens with zero attached hydrogens (tertiary/aromatic N) is 2. The summed E-state index contributed by atoms with van der Waals surface area (Å²) in [5.74, 6) is 6.54. The number of aryl methyl sites for hydroxylation is 2. The van der Waals surface area contributed by atoms with Crippen LogP contribution in [0.5, 0.6) is 0 Å². The lowest BCUT2D eigenvalue weighted by Crippen LogP contribution is -2.05. The Bertz CT molecular complexity index is 911. The van der Waals surface area contributed by atoms with Gasteiger partial charge in [0.1, 0.15) is 0 Å². The van der Waals surface area contributed by atoms with E-state index < -0.39 is 0 Å². The Morgan fingerprint density at radius 1 is 1.20 bits per heavy atom. The maximum absolute atomic E-state index is 4.28. The van der Waals surface area contributed by atoms with Crippen molar-refractivity contribution in [2.24, 2.45) is 0 Å². The zero-order chi connectivity index (χ0) is 17.6. The molecule has 0 aliphatic heterocycles. The summed E-state index contributed by atoms with van der Waals surface area (Å²) in [7, 11) is 1.97. The molecule has 0 unspecified atom stereocenters. The molecule has 0 saturated carbocycles. The minimum Gasteiger partial charge on any atom is -0.373 e. The van der Waals surface area contributed by atoms with Gasteiger partial charge < -0.3 is 15.2 Å². The van der Waals surface area contributed by atoms with Gasteiger partial charge in [0.25, 0.3) is 0 Å². The number of pyridine rings is 1. The molecule has 0 saturated heterocycles. The van der Waals surface area contributed by atoms with E-state index in [0.29, 0.717) is 6.54 Å². The molecule has 0 bridgehead atoms. The summed E-state index contributed by atoms with van der Waals surface area (Å²) < 4.78 is 2.27. The van der Waals surface area contributed by atoms with E-state index in [1.54, 1.807) is 0 Å². The second-order valence-corrected chi connectivity index (χ2v) is 6.00. The Morgan fingerprint density at radius 2 is 2.08 bits per heavy atom. The fraction of sp³-hybridized carbons (Fsp3) is 0.286. The number of fused-ring (bicyclic) bond motifs is 1. The van der Waals surface area contributed by atoms with E-state index in [2.05, 4.69) is 63.2 Å². The van der Waals surface area contributed by atoms with Gasteiger partial charge in [-0.15, -0.1) is 0 Å². The van der Waals surface area contributed by atoms with Crippen molar-refractivity contribution in [3.63, 3.8) is 0 Å². The van der Waals surface area contributed by atoms with Crippen molar-refractivity contribution in [3.05, 3.63) is 59.5 Å². The summed E-state index contributed by atoms with van der Waals surface area (Å²) in [6.07, 6.45) is 1.84. The maximum Gasteiger partial charge on any atom is 0.0931 e. The summed E-state index contributed by atoms with van der Waals surface area (Å²) in [5, 5.41) is 7.80. The molecule has 128 valence electrons. The van der Waals surface area contributed by atoms with Crippen molar-refractivity contribution >= 4 is 16.6 Å². The highest BCUT2D eigenvalue weighted by Crippen LogP contribution is 2.23. The molecule has 0 fully saturated rings. The van der Waals surface area contributed by atoms with E-state index in [9.17, 15) is 0 Å². The second kappa shape index (κ2) is 7.87. The fourth-order valence-corrected chi connectivity index (χ4v) is 2.99. The lowest BCUT2D eigenvalue weighted by atomic mass is 10.1. The quantitative estimate of drug-likeness (QED) is 0.702. The van der Waals surface area contributed by atoms with Gasteiger partial charge in [-0.3, -0.25) is 4.98 Å². The highest BCUT2D eigenvalue weighted by atomic mass is 15.0. The minimum absolute atomic E-state index is 0.597. The third-order valence-electron chi connectivity index (χ3n) is 4.23. The smallest absolute Gasteiger partial charge is 0.0931 e. The first kappa shape index (κ1) is 17.1. The highest BCUT2D eigenvalue weighted by Gasteiger charge is 2.08. The average molecular weight is 332 g/mol. The number of rotatable bonds is 5. The van der Waals surface area contributed by atoms with Crippen molar-refractivity contribution in [1.29, 1.82) is 0 Å². The predicted molar refractivity (Wildman–Crippen MR) is 105 cm³/mol. The number of anilines is 1. The normalized spacial score (nSPS) is 10.5. The molecule has 2 N–H and O–H groups in total. The van der Waals surface area contributed by atoms with Crippen LogP contribution in [0.2, 0.25) is 0 Å². The predicted octanol–water partition coefficient (Wildman–Crippen LogP) is 3.55. The summed E-state index contributed by atoms with van der Waals surface area (Å²) in [6, 6.07) is 12.7. The second-order valence-electron chi connectivity index (χ2n) is 6.00. The topological polar surface area (TPSA) is 41.9 Å². The van der Waals surface area contributed by atoms with E-state index >= 15 is 0 Å².